The average molecular weight is 576 g/mol. The summed E-state index contributed by atoms with van der Waals surface area (Å²) >= 11 is 8.23. The first-order valence-corrected chi connectivity index (χ1v) is 12.5. The van der Waals surface area contributed by atoms with Crippen molar-refractivity contribution in [3.63, 3.8) is 0 Å². The number of carbonyl (C=O) groups is 1. The van der Waals surface area contributed by atoms with Gasteiger partial charge in [-0.3, -0.25) is 4.79 Å². The lowest BCUT2D eigenvalue weighted by molar-refractivity contribution is 0.0952. The second-order valence-electron chi connectivity index (χ2n) is 7.65. The minimum atomic E-state index is -0.521. The van der Waals surface area contributed by atoms with Gasteiger partial charge in [-0.15, -0.1) is 11.3 Å². The van der Waals surface area contributed by atoms with Gasteiger partial charge in [-0.25, -0.2) is 5.43 Å². The molecule has 1 aliphatic rings. The summed E-state index contributed by atoms with van der Waals surface area (Å²) in [7, 11) is 0. The number of phenols is 1. The number of hydrogen-bond acceptors (Lipinski definition) is 5. The van der Waals surface area contributed by atoms with Gasteiger partial charge in [-0.05, 0) is 79.2 Å². The molecule has 0 radical (unpaired) electrons. The molecule has 6 nitrogen and oxygen atoms in total. The summed E-state index contributed by atoms with van der Waals surface area (Å²) in [5.41, 5.74) is 7.35. The second-order valence-corrected chi connectivity index (χ2v) is 10.5. The number of nitrogens with one attached hydrogen (secondary N) is 1. The van der Waals surface area contributed by atoms with Crippen LogP contribution in [0.2, 0.25) is 0 Å². The van der Waals surface area contributed by atoms with Crippen molar-refractivity contribution in [2.75, 3.05) is 0 Å². The Labute approximate surface area is 206 Å². The quantitative estimate of drug-likeness (QED) is 0.300. The van der Waals surface area contributed by atoms with Crippen molar-refractivity contribution in [3.8, 4) is 16.8 Å². The number of hydrogen-bond donors (Lipinski definition) is 2. The zero-order chi connectivity index (χ0) is 23.0. The first kappa shape index (κ1) is 22.8. The number of fused-ring (bicyclic) bond motifs is 1. The van der Waals surface area contributed by atoms with Crippen LogP contribution in [-0.4, -0.2) is 21.8 Å². The summed E-state index contributed by atoms with van der Waals surface area (Å²) in [4.78, 5) is 13.8. The SMILES string of the molecule is Cc1cc(/C=N/NC(=O)c2cc(Br)cc(Br)c2O)c(C)n1-c1sc2c(c1C#N)CCCC2. The number of phenolic OH excluding ortho intramolecular Hbond substituents is 1. The number of halogens is 2. The Kier molecular flexibility index (Phi) is 6.56. The fraction of sp³-hybridized carbons (Fsp3) is 0.261. The van der Waals surface area contributed by atoms with E-state index in [0.717, 1.165) is 46.8 Å². The van der Waals surface area contributed by atoms with Gasteiger partial charge in [-0.1, -0.05) is 15.9 Å². The van der Waals surface area contributed by atoms with Gasteiger partial charge in [0, 0.05) is 26.3 Å². The van der Waals surface area contributed by atoms with E-state index in [-0.39, 0.29) is 11.3 Å². The fourth-order valence-electron chi connectivity index (χ4n) is 4.01. The van der Waals surface area contributed by atoms with Crippen molar-refractivity contribution in [3.05, 3.63) is 65.7 Å². The highest BCUT2D eigenvalue weighted by Crippen LogP contribution is 2.38. The molecule has 164 valence electrons. The molecule has 4 rings (SSSR count). The van der Waals surface area contributed by atoms with E-state index in [0.29, 0.717) is 8.95 Å². The monoisotopic (exact) mass is 574 g/mol. The lowest BCUT2D eigenvalue weighted by Crippen LogP contribution is -2.18. The summed E-state index contributed by atoms with van der Waals surface area (Å²) in [5.74, 6) is -0.669. The Morgan fingerprint density at radius 2 is 2.03 bits per heavy atom. The minimum Gasteiger partial charge on any atom is -0.506 e. The van der Waals surface area contributed by atoms with Crippen molar-refractivity contribution in [1.82, 2.24) is 9.99 Å². The van der Waals surface area contributed by atoms with Crippen LogP contribution in [0.4, 0.5) is 0 Å². The number of aromatic hydroxyl groups is 1. The number of thiophene rings is 1. The third kappa shape index (κ3) is 4.15. The molecule has 1 aliphatic carbocycles. The Hall–Kier alpha value is -2.41. The van der Waals surface area contributed by atoms with Gasteiger partial charge in [0.25, 0.3) is 5.91 Å². The molecule has 0 atom stereocenters. The maximum Gasteiger partial charge on any atom is 0.275 e. The van der Waals surface area contributed by atoms with E-state index in [1.807, 2.05) is 19.9 Å². The predicted molar refractivity (Wildman–Crippen MR) is 133 cm³/mol. The van der Waals surface area contributed by atoms with E-state index in [2.05, 4.69) is 53.0 Å². The van der Waals surface area contributed by atoms with Crippen molar-refractivity contribution in [1.29, 1.82) is 5.26 Å². The molecule has 2 N–H and O–H groups in total. The standard InChI is InChI=1S/C23H20Br2N4O2S/c1-12-7-14(11-27-28-22(31)17-8-15(24)9-19(25)21(17)30)13(2)29(12)23-18(10-26)16-5-3-4-6-20(16)32-23/h7-9,11,30H,3-6H2,1-2H3,(H,28,31)/b27-11+. The molecular formula is C23H20Br2N4O2S. The van der Waals surface area contributed by atoms with Gasteiger partial charge in [-0.2, -0.15) is 10.4 Å². The lowest BCUT2D eigenvalue weighted by atomic mass is 9.96. The summed E-state index contributed by atoms with van der Waals surface area (Å²) in [6, 6.07) is 7.59. The Bertz CT molecular complexity index is 1300. The highest BCUT2D eigenvalue weighted by molar-refractivity contribution is 9.11. The van der Waals surface area contributed by atoms with Crippen molar-refractivity contribution < 1.29 is 9.90 Å². The molecule has 2 aromatic heterocycles. The van der Waals surface area contributed by atoms with Crippen molar-refractivity contribution in [2.24, 2.45) is 5.10 Å². The third-order valence-electron chi connectivity index (χ3n) is 5.58. The molecule has 0 fully saturated rings. The van der Waals surface area contributed by atoms with Crippen LogP contribution in [0, 0.1) is 25.2 Å². The zero-order valence-corrected chi connectivity index (χ0v) is 21.5. The number of nitrogens with zero attached hydrogens (tertiary/aromatic N) is 3. The molecule has 0 saturated heterocycles. The molecule has 0 spiro atoms. The largest absolute Gasteiger partial charge is 0.506 e. The Morgan fingerprint density at radius 1 is 1.28 bits per heavy atom. The number of rotatable bonds is 4. The van der Waals surface area contributed by atoms with Crippen molar-refractivity contribution in [2.45, 2.75) is 39.5 Å². The molecule has 2 heterocycles. The number of carbonyl (C=O) groups excluding carboxylic acids is 1. The molecule has 9 heteroatoms. The topological polar surface area (TPSA) is 90.4 Å². The molecule has 0 aliphatic heterocycles. The molecule has 1 aromatic carbocycles. The molecule has 32 heavy (non-hydrogen) atoms. The number of nitriles is 1. The van der Waals surface area contributed by atoms with E-state index < -0.39 is 5.91 Å². The van der Waals surface area contributed by atoms with E-state index >= 15 is 0 Å². The number of hydrazone groups is 1. The highest BCUT2D eigenvalue weighted by atomic mass is 79.9. The number of aryl methyl sites for hydroxylation is 2. The van der Waals surface area contributed by atoms with E-state index in [9.17, 15) is 15.2 Å². The smallest absolute Gasteiger partial charge is 0.275 e. The maximum atomic E-state index is 12.5. The van der Waals surface area contributed by atoms with Crippen LogP contribution in [0.25, 0.3) is 5.00 Å². The molecule has 3 aromatic rings. The molecule has 1 amide bonds. The zero-order valence-electron chi connectivity index (χ0n) is 17.5. The number of amides is 1. The van der Waals surface area contributed by atoms with Gasteiger partial charge >= 0.3 is 0 Å². The Morgan fingerprint density at radius 3 is 2.78 bits per heavy atom. The summed E-state index contributed by atoms with van der Waals surface area (Å²) in [5, 5.41) is 25.0. The summed E-state index contributed by atoms with van der Waals surface area (Å²) < 4.78 is 3.17. The van der Waals surface area contributed by atoms with Gasteiger partial charge in [0.2, 0.25) is 0 Å². The van der Waals surface area contributed by atoms with E-state index in [1.54, 1.807) is 23.6 Å². The molecular weight excluding hydrogens is 556 g/mol. The van der Waals surface area contributed by atoms with Gasteiger partial charge in [0.15, 0.2) is 0 Å². The number of benzene rings is 1. The second kappa shape index (κ2) is 9.22. The first-order valence-electron chi connectivity index (χ1n) is 10.1. The lowest BCUT2D eigenvalue weighted by Gasteiger charge is -2.10. The maximum absolute atomic E-state index is 12.5. The van der Waals surface area contributed by atoms with Gasteiger partial charge in [0.05, 0.1) is 21.8 Å². The van der Waals surface area contributed by atoms with Gasteiger partial charge in [0.1, 0.15) is 16.8 Å². The van der Waals surface area contributed by atoms with E-state index in [4.69, 9.17) is 0 Å². The molecule has 0 saturated carbocycles. The number of aromatic nitrogens is 1. The average Bonchev–Trinajstić information content (AvgIpc) is 3.26. The Balaban J connectivity index is 1.61. The molecule has 0 bridgehead atoms. The van der Waals surface area contributed by atoms with Crippen LogP contribution in [0.1, 0.15) is 56.2 Å². The normalized spacial score (nSPS) is 13.2. The predicted octanol–water partition coefficient (Wildman–Crippen LogP) is 5.90. The van der Waals surface area contributed by atoms with Crippen LogP contribution in [-0.2, 0) is 12.8 Å². The van der Waals surface area contributed by atoms with Gasteiger partial charge < -0.3 is 9.67 Å². The van der Waals surface area contributed by atoms with Crippen LogP contribution >= 0.6 is 43.2 Å². The van der Waals surface area contributed by atoms with Crippen LogP contribution in [0.15, 0.2) is 32.2 Å². The fourth-order valence-corrected chi connectivity index (χ4v) is 6.69. The minimum absolute atomic E-state index is 0.108. The third-order valence-corrected chi connectivity index (χ3v) is 7.92. The summed E-state index contributed by atoms with van der Waals surface area (Å²) in [6.07, 6.45) is 5.88. The highest BCUT2D eigenvalue weighted by Gasteiger charge is 2.23. The van der Waals surface area contributed by atoms with Crippen LogP contribution in [0.3, 0.4) is 0 Å². The van der Waals surface area contributed by atoms with Crippen molar-refractivity contribution >= 4 is 55.3 Å². The van der Waals surface area contributed by atoms with Crippen LogP contribution in [0.5, 0.6) is 5.75 Å². The van der Waals surface area contributed by atoms with E-state index in [1.165, 1.54) is 22.9 Å². The molecule has 0 unspecified atom stereocenters. The first-order chi connectivity index (χ1) is 15.3. The van der Waals surface area contributed by atoms with Crippen LogP contribution < -0.4 is 5.43 Å². The summed E-state index contributed by atoms with van der Waals surface area (Å²) in [6.45, 7) is 3.98.